The number of ether oxygens (including phenoxy) is 1. The van der Waals surface area contributed by atoms with Gasteiger partial charge in [-0.15, -0.1) is 11.8 Å². The molecular weight excluding hydrogens is 444 g/mol. The maximum absolute atomic E-state index is 12.5. The summed E-state index contributed by atoms with van der Waals surface area (Å²) in [6.07, 6.45) is 3.77. The minimum absolute atomic E-state index is 0.0547. The topological polar surface area (TPSA) is 38.7 Å². The fourth-order valence-electron chi connectivity index (χ4n) is 6.78. The van der Waals surface area contributed by atoms with Crippen molar-refractivity contribution in [2.45, 2.75) is 120 Å². The number of hydrogen-bond acceptors (Lipinski definition) is 4. The molecule has 1 heterocycles. The first-order valence-corrected chi connectivity index (χ1v) is 16.1. The van der Waals surface area contributed by atoms with E-state index in [4.69, 9.17) is 9.16 Å². The van der Waals surface area contributed by atoms with Crippen LogP contribution in [-0.4, -0.2) is 36.3 Å². The van der Waals surface area contributed by atoms with Crippen molar-refractivity contribution in [1.82, 2.24) is 0 Å². The van der Waals surface area contributed by atoms with E-state index in [1.54, 1.807) is 0 Å². The summed E-state index contributed by atoms with van der Waals surface area (Å²) < 4.78 is 13.9. The molecule has 3 nitrogen and oxygen atoms in total. The molecule has 0 aromatic heterocycles. The minimum atomic E-state index is -2.14. The highest BCUT2D eigenvalue weighted by atomic mass is 32.2. The van der Waals surface area contributed by atoms with Gasteiger partial charge in [-0.05, 0) is 46.9 Å². The zero-order chi connectivity index (χ0) is 24.6. The number of thioether (sulfide) groups is 1. The van der Waals surface area contributed by atoms with Gasteiger partial charge in [-0.1, -0.05) is 99.1 Å². The normalized spacial score (nSPS) is 29.8. The molecule has 0 bridgehead atoms. The molecule has 1 aromatic carbocycles. The summed E-state index contributed by atoms with van der Waals surface area (Å²) in [6.45, 7) is 21.1. The maximum Gasteiger partial charge on any atom is 0.200 e. The molecule has 188 valence electrons. The lowest BCUT2D eigenvalue weighted by atomic mass is 9.74. The largest absolute Gasteiger partial charge is 0.413 e. The minimum Gasteiger partial charge on any atom is -0.413 e. The van der Waals surface area contributed by atoms with Crippen LogP contribution >= 0.6 is 11.8 Å². The molecular formula is C28H48O3SSi. The molecule has 2 fully saturated rings. The predicted octanol–water partition coefficient (Wildman–Crippen LogP) is 7.74. The lowest BCUT2D eigenvalue weighted by molar-refractivity contribution is -0.150. The first-order valence-electron chi connectivity index (χ1n) is 13.1. The van der Waals surface area contributed by atoms with Crippen LogP contribution < -0.4 is 0 Å². The molecule has 33 heavy (non-hydrogen) atoms. The zero-order valence-electron chi connectivity index (χ0n) is 22.4. The van der Waals surface area contributed by atoms with Crippen LogP contribution in [0.3, 0.4) is 0 Å². The Morgan fingerprint density at radius 2 is 1.64 bits per heavy atom. The van der Waals surface area contributed by atoms with E-state index in [1.807, 2.05) is 42.1 Å². The van der Waals surface area contributed by atoms with Crippen molar-refractivity contribution in [3.8, 4) is 0 Å². The summed E-state index contributed by atoms with van der Waals surface area (Å²) in [5, 5.41) is 12.5. The predicted molar refractivity (Wildman–Crippen MR) is 144 cm³/mol. The zero-order valence-corrected chi connectivity index (χ0v) is 24.2. The molecule has 1 saturated heterocycles. The average Bonchev–Trinajstić information content (AvgIpc) is 2.72. The van der Waals surface area contributed by atoms with E-state index in [0.29, 0.717) is 35.1 Å². The fraction of sp³-hybridized carbons (Fsp3) is 0.786. The van der Waals surface area contributed by atoms with Gasteiger partial charge in [-0.25, -0.2) is 0 Å². The van der Waals surface area contributed by atoms with Crippen LogP contribution in [0.2, 0.25) is 16.6 Å². The van der Waals surface area contributed by atoms with Crippen LogP contribution in [0, 0.1) is 11.8 Å². The van der Waals surface area contributed by atoms with Gasteiger partial charge in [0.2, 0.25) is 0 Å². The Bertz CT molecular complexity index is 744. The first-order chi connectivity index (χ1) is 15.3. The van der Waals surface area contributed by atoms with Crippen LogP contribution in [0.4, 0.5) is 0 Å². The number of hydrogen-bond donors (Lipinski definition) is 1. The third kappa shape index (κ3) is 5.28. The molecule has 5 atom stereocenters. The van der Waals surface area contributed by atoms with Crippen LogP contribution in [-0.2, 0) is 14.8 Å². The van der Waals surface area contributed by atoms with E-state index < -0.39 is 13.9 Å². The molecule has 1 N–H and O–H groups in total. The summed E-state index contributed by atoms with van der Waals surface area (Å²) in [5.41, 5.74) is 0.776. The van der Waals surface area contributed by atoms with Crippen LogP contribution in [0.1, 0.15) is 87.1 Å². The van der Waals surface area contributed by atoms with E-state index in [1.165, 1.54) is 12.8 Å². The van der Waals surface area contributed by atoms with Gasteiger partial charge in [0.15, 0.2) is 8.32 Å². The van der Waals surface area contributed by atoms with Crippen molar-refractivity contribution < 1.29 is 14.3 Å². The summed E-state index contributed by atoms with van der Waals surface area (Å²) in [6, 6.07) is 10.1. The van der Waals surface area contributed by atoms with Crippen molar-refractivity contribution in [1.29, 1.82) is 0 Å². The average molecular weight is 493 g/mol. The molecule has 0 unspecified atom stereocenters. The molecule has 5 heteroatoms. The first kappa shape index (κ1) is 27.3. The van der Waals surface area contributed by atoms with Gasteiger partial charge < -0.3 is 14.3 Å². The van der Waals surface area contributed by atoms with E-state index in [0.717, 1.165) is 12.0 Å². The molecule has 1 saturated carbocycles. The van der Waals surface area contributed by atoms with Gasteiger partial charge in [-0.3, -0.25) is 0 Å². The van der Waals surface area contributed by atoms with Crippen molar-refractivity contribution in [2.24, 2.45) is 11.8 Å². The van der Waals surface area contributed by atoms with Gasteiger partial charge in [-0.2, -0.15) is 0 Å². The second kappa shape index (κ2) is 10.3. The summed E-state index contributed by atoms with van der Waals surface area (Å²) in [4.78, 5) is 0. The number of fused-ring (bicyclic) bond motifs is 1. The Hall–Kier alpha value is -0.333. The lowest BCUT2D eigenvalue weighted by Crippen LogP contribution is -2.57. The number of benzene rings is 1. The van der Waals surface area contributed by atoms with Crippen LogP contribution in [0.5, 0.6) is 0 Å². The SMILES string of the molecule is CC(C)[Si](OC[C@@](O)(c1ccccc1)[C@@H]1O[C@@H]2C[C@H](C)CC[C@H]2C(C)(C)S1)(C(C)C)C(C)C. The van der Waals surface area contributed by atoms with Gasteiger partial charge >= 0.3 is 0 Å². The van der Waals surface area contributed by atoms with Crippen molar-refractivity contribution in [2.75, 3.05) is 6.61 Å². The van der Waals surface area contributed by atoms with Crippen LogP contribution in [0.15, 0.2) is 30.3 Å². The van der Waals surface area contributed by atoms with Gasteiger partial charge in [0.1, 0.15) is 11.0 Å². The Labute approximate surface area is 208 Å². The molecule has 3 rings (SSSR count). The molecule has 1 aliphatic carbocycles. The maximum atomic E-state index is 12.5. The Balaban J connectivity index is 1.98. The highest BCUT2D eigenvalue weighted by Gasteiger charge is 2.54. The molecule has 0 spiro atoms. The van der Waals surface area contributed by atoms with Gasteiger partial charge in [0, 0.05) is 4.75 Å². The molecule has 1 aliphatic heterocycles. The van der Waals surface area contributed by atoms with Crippen molar-refractivity contribution in [3.63, 3.8) is 0 Å². The van der Waals surface area contributed by atoms with Crippen LogP contribution in [0.25, 0.3) is 0 Å². The smallest absolute Gasteiger partial charge is 0.200 e. The Morgan fingerprint density at radius 3 is 2.18 bits per heavy atom. The molecule has 2 aliphatic rings. The monoisotopic (exact) mass is 492 g/mol. The van der Waals surface area contributed by atoms with E-state index >= 15 is 0 Å². The van der Waals surface area contributed by atoms with Crippen molar-refractivity contribution in [3.05, 3.63) is 35.9 Å². The summed E-state index contributed by atoms with van der Waals surface area (Å²) in [5.74, 6) is 1.21. The third-order valence-corrected chi connectivity index (χ3v) is 16.3. The third-order valence-electron chi connectivity index (χ3n) is 8.57. The summed E-state index contributed by atoms with van der Waals surface area (Å²) in [7, 11) is -2.14. The summed E-state index contributed by atoms with van der Waals surface area (Å²) >= 11 is 1.82. The quantitative estimate of drug-likeness (QED) is 0.377. The van der Waals surface area contributed by atoms with E-state index in [9.17, 15) is 5.11 Å². The highest BCUT2D eigenvalue weighted by molar-refractivity contribution is 8.01. The van der Waals surface area contributed by atoms with E-state index in [-0.39, 0.29) is 16.3 Å². The van der Waals surface area contributed by atoms with E-state index in [2.05, 4.69) is 62.3 Å². The standard InChI is InChI=1S/C28H48O3SSi/c1-19(2)33(20(3)4,21(5)6)30-18-28(29,23-13-11-10-12-14-23)26-31-25-17-22(7)15-16-24(25)27(8,9)32-26/h10-14,19-22,24-26,29H,15-18H2,1-9H3/t22-,24-,25-,26-,28-/m1/s1. The molecule has 0 amide bonds. The highest BCUT2D eigenvalue weighted by Crippen LogP contribution is 2.54. The second-order valence-electron chi connectivity index (χ2n) is 12.1. The molecule has 0 radical (unpaired) electrons. The molecule has 1 aromatic rings. The van der Waals surface area contributed by atoms with Crippen molar-refractivity contribution >= 4 is 20.1 Å². The number of aliphatic hydroxyl groups is 1. The number of rotatable bonds is 8. The Kier molecular flexibility index (Phi) is 8.54. The fourth-order valence-corrected chi connectivity index (χ4v) is 13.8. The van der Waals surface area contributed by atoms with Gasteiger partial charge in [0.25, 0.3) is 0 Å². The lowest BCUT2D eigenvalue weighted by Gasteiger charge is -2.54. The van der Waals surface area contributed by atoms with Gasteiger partial charge in [0.05, 0.1) is 12.7 Å². The second-order valence-corrected chi connectivity index (χ2v) is 19.3. The Morgan fingerprint density at radius 1 is 1.06 bits per heavy atom.